The first-order valence-corrected chi connectivity index (χ1v) is 11.8. The summed E-state index contributed by atoms with van der Waals surface area (Å²) in [4.78, 5) is 0. The molecule has 1 aliphatic carbocycles. The topological polar surface area (TPSA) is 9.23 Å². The van der Waals surface area contributed by atoms with E-state index in [0.717, 1.165) is 5.03 Å². The van der Waals surface area contributed by atoms with Crippen molar-refractivity contribution in [1.82, 2.24) is 0 Å². The van der Waals surface area contributed by atoms with Crippen molar-refractivity contribution >= 4 is 19.7 Å². The Kier molecular flexibility index (Phi) is 4.85. The van der Waals surface area contributed by atoms with E-state index < -0.39 is 8.07 Å². The maximum absolute atomic E-state index is 6.76. The highest BCUT2D eigenvalue weighted by Crippen LogP contribution is 2.43. The van der Waals surface area contributed by atoms with Gasteiger partial charge in [-0.3, -0.25) is 0 Å². The van der Waals surface area contributed by atoms with Crippen LogP contribution in [0.15, 0.2) is 10.2 Å². The standard InChI is InChI=1S/C16H29ClOSi/c1-11-12(2)18-15(13-9-7-6-8-10-13)16(14(11)17)19(3,4)5/h11-13,15H,6-10H2,1-5H3/t11?,12-,15-/m0/s1. The van der Waals surface area contributed by atoms with Crippen LogP contribution in [0.25, 0.3) is 0 Å². The molecule has 0 aromatic rings. The Morgan fingerprint density at radius 2 is 1.63 bits per heavy atom. The molecule has 19 heavy (non-hydrogen) atoms. The van der Waals surface area contributed by atoms with Crippen molar-refractivity contribution in [1.29, 1.82) is 0 Å². The van der Waals surface area contributed by atoms with Crippen LogP contribution in [0.1, 0.15) is 46.0 Å². The molecule has 0 spiro atoms. The minimum atomic E-state index is -1.42. The summed E-state index contributed by atoms with van der Waals surface area (Å²) < 4.78 is 6.44. The van der Waals surface area contributed by atoms with Crippen LogP contribution in [0.3, 0.4) is 0 Å². The highest BCUT2D eigenvalue weighted by Gasteiger charge is 2.41. The molecule has 3 atom stereocenters. The Labute approximate surface area is 124 Å². The minimum absolute atomic E-state index is 0.263. The van der Waals surface area contributed by atoms with Crippen LogP contribution in [0.4, 0.5) is 0 Å². The van der Waals surface area contributed by atoms with Gasteiger partial charge in [-0.25, -0.2) is 0 Å². The molecule has 2 aliphatic rings. The monoisotopic (exact) mass is 300 g/mol. The van der Waals surface area contributed by atoms with Crippen molar-refractivity contribution in [2.24, 2.45) is 11.8 Å². The Morgan fingerprint density at radius 1 is 1.05 bits per heavy atom. The van der Waals surface area contributed by atoms with Gasteiger partial charge < -0.3 is 4.74 Å². The van der Waals surface area contributed by atoms with Gasteiger partial charge in [0.25, 0.3) is 0 Å². The lowest BCUT2D eigenvalue weighted by molar-refractivity contribution is -0.0459. The van der Waals surface area contributed by atoms with Gasteiger partial charge >= 0.3 is 0 Å². The molecule has 110 valence electrons. The van der Waals surface area contributed by atoms with Crippen molar-refractivity contribution in [3.05, 3.63) is 10.2 Å². The summed E-state index contributed by atoms with van der Waals surface area (Å²) >= 11 is 6.76. The summed E-state index contributed by atoms with van der Waals surface area (Å²) in [5.74, 6) is 1.07. The SMILES string of the molecule is CC1C(Cl)=C([Si](C)(C)C)[C@H](C2CCCCC2)O[C@H]1C. The fraction of sp³-hybridized carbons (Fsp3) is 0.875. The van der Waals surface area contributed by atoms with E-state index in [0.29, 0.717) is 17.9 Å². The van der Waals surface area contributed by atoms with Gasteiger partial charge in [-0.05, 0) is 30.9 Å². The molecule has 1 nitrogen and oxygen atoms in total. The van der Waals surface area contributed by atoms with E-state index in [1.165, 1.54) is 37.3 Å². The smallest absolute Gasteiger partial charge is 0.0796 e. The van der Waals surface area contributed by atoms with Crippen molar-refractivity contribution in [2.45, 2.75) is 77.8 Å². The summed E-state index contributed by atoms with van der Waals surface area (Å²) in [5, 5.41) is 2.64. The van der Waals surface area contributed by atoms with Crippen LogP contribution in [-0.4, -0.2) is 20.3 Å². The molecule has 0 bridgehead atoms. The van der Waals surface area contributed by atoms with E-state index >= 15 is 0 Å². The van der Waals surface area contributed by atoms with E-state index in [9.17, 15) is 0 Å². The third-order valence-electron chi connectivity index (χ3n) is 4.89. The number of ether oxygens (including phenoxy) is 1. The summed E-state index contributed by atoms with van der Waals surface area (Å²) in [6.45, 7) is 11.6. The second-order valence-electron chi connectivity index (χ2n) is 7.46. The molecule has 2 rings (SSSR count). The molecular weight excluding hydrogens is 272 g/mol. The zero-order valence-electron chi connectivity index (χ0n) is 13.1. The quantitative estimate of drug-likeness (QED) is 0.624. The molecule has 3 heteroatoms. The Morgan fingerprint density at radius 3 is 2.16 bits per heavy atom. The molecule has 0 amide bonds. The molecule has 1 heterocycles. The second kappa shape index (κ2) is 5.91. The van der Waals surface area contributed by atoms with Crippen LogP contribution < -0.4 is 0 Å². The molecule has 0 aromatic carbocycles. The van der Waals surface area contributed by atoms with Crippen LogP contribution in [0.2, 0.25) is 19.6 Å². The second-order valence-corrected chi connectivity index (χ2v) is 12.9. The van der Waals surface area contributed by atoms with Gasteiger partial charge in [-0.1, -0.05) is 57.4 Å². The summed E-state index contributed by atoms with van der Waals surface area (Å²) in [5.41, 5.74) is 0. The molecule has 1 unspecified atom stereocenters. The van der Waals surface area contributed by atoms with E-state index in [1.54, 1.807) is 0 Å². The predicted molar refractivity (Wildman–Crippen MR) is 86.3 cm³/mol. The van der Waals surface area contributed by atoms with Gasteiger partial charge in [0.2, 0.25) is 0 Å². The first kappa shape index (κ1) is 15.6. The normalized spacial score (nSPS) is 34.7. The highest BCUT2D eigenvalue weighted by atomic mass is 35.5. The fourth-order valence-corrected chi connectivity index (χ4v) is 6.81. The lowest BCUT2D eigenvalue weighted by atomic mass is 9.83. The van der Waals surface area contributed by atoms with Gasteiger partial charge in [-0.15, -0.1) is 0 Å². The summed E-state index contributed by atoms with van der Waals surface area (Å²) in [7, 11) is -1.42. The van der Waals surface area contributed by atoms with Crippen LogP contribution >= 0.6 is 11.6 Å². The predicted octanol–water partition coefficient (Wildman–Crippen LogP) is 5.36. The minimum Gasteiger partial charge on any atom is -0.370 e. The Bertz CT molecular complexity index is 352. The first-order valence-electron chi connectivity index (χ1n) is 7.88. The zero-order valence-corrected chi connectivity index (χ0v) is 14.9. The third-order valence-corrected chi connectivity index (χ3v) is 7.77. The molecule has 0 radical (unpaired) electrons. The number of hydrogen-bond donors (Lipinski definition) is 0. The Hall–Kier alpha value is 0.207. The molecule has 1 aliphatic heterocycles. The largest absolute Gasteiger partial charge is 0.370 e. The van der Waals surface area contributed by atoms with Crippen LogP contribution in [-0.2, 0) is 4.74 Å². The van der Waals surface area contributed by atoms with E-state index in [-0.39, 0.29) is 6.10 Å². The molecular formula is C16H29ClOSi. The van der Waals surface area contributed by atoms with Crippen molar-refractivity contribution in [2.75, 3.05) is 0 Å². The van der Waals surface area contributed by atoms with E-state index in [1.807, 2.05) is 0 Å². The average Bonchev–Trinajstić information content (AvgIpc) is 2.35. The van der Waals surface area contributed by atoms with Crippen LogP contribution in [0, 0.1) is 11.8 Å². The van der Waals surface area contributed by atoms with Crippen molar-refractivity contribution < 1.29 is 4.74 Å². The van der Waals surface area contributed by atoms with E-state index in [2.05, 4.69) is 33.5 Å². The highest BCUT2D eigenvalue weighted by molar-refractivity contribution is 6.84. The third kappa shape index (κ3) is 3.28. The van der Waals surface area contributed by atoms with Crippen molar-refractivity contribution in [3.8, 4) is 0 Å². The molecule has 1 fully saturated rings. The number of hydrogen-bond acceptors (Lipinski definition) is 1. The van der Waals surface area contributed by atoms with Gasteiger partial charge in [0, 0.05) is 11.0 Å². The molecule has 1 saturated carbocycles. The summed E-state index contributed by atoms with van der Waals surface area (Å²) in [6.07, 6.45) is 7.35. The lowest BCUT2D eigenvalue weighted by Crippen LogP contribution is -2.46. The molecule has 0 saturated heterocycles. The lowest BCUT2D eigenvalue weighted by Gasteiger charge is -2.44. The van der Waals surface area contributed by atoms with Gasteiger partial charge in [0.15, 0.2) is 0 Å². The van der Waals surface area contributed by atoms with Gasteiger partial charge in [-0.2, -0.15) is 0 Å². The van der Waals surface area contributed by atoms with E-state index in [4.69, 9.17) is 16.3 Å². The summed E-state index contributed by atoms with van der Waals surface area (Å²) in [6, 6.07) is 0. The number of halogens is 1. The maximum atomic E-state index is 6.76. The zero-order chi connectivity index (χ0) is 14.2. The molecule has 0 aromatic heterocycles. The van der Waals surface area contributed by atoms with Crippen LogP contribution in [0.5, 0.6) is 0 Å². The maximum Gasteiger partial charge on any atom is 0.0796 e. The first-order chi connectivity index (χ1) is 8.82. The van der Waals surface area contributed by atoms with Crippen molar-refractivity contribution in [3.63, 3.8) is 0 Å². The molecule has 0 N–H and O–H groups in total. The number of rotatable bonds is 2. The van der Waals surface area contributed by atoms with Gasteiger partial charge in [0.1, 0.15) is 0 Å². The fourth-order valence-electron chi connectivity index (χ4n) is 3.57. The Balaban J connectivity index is 2.34. The van der Waals surface area contributed by atoms with Gasteiger partial charge in [0.05, 0.1) is 20.3 Å². The average molecular weight is 301 g/mol.